The van der Waals surface area contributed by atoms with Crippen molar-refractivity contribution in [3.63, 3.8) is 0 Å². The fraction of sp³-hybridized carbons (Fsp3) is 0.333. The van der Waals surface area contributed by atoms with Gasteiger partial charge in [0.05, 0.1) is 13.0 Å². The number of methoxy groups -OCH3 is 1. The highest BCUT2D eigenvalue weighted by molar-refractivity contribution is 5.87. The number of hydrogen-bond donors (Lipinski definition) is 1. The van der Waals surface area contributed by atoms with Crippen LogP contribution >= 0.6 is 0 Å². The Hall–Kier alpha value is -2.62. The second kappa shape index (κ2) is 10.3. The fourth-order valence-electron chi connectivity index (χ4n) is 2.77. The molecule has 0 unspecified atom stereocenters. The third-order valence-electron chi connectivity index (χ3n) is 4.11. The second-order valence-corrected chi connectivity index (χ2v) is 5.93. The Morgan fingerprint density at radius 2 is 1.44 bits per heavy atom. The van der Waals surface area contributed by atoms with Gasteiger partial charge in [0.2, 0.25) is 5.91 Å². The lowest BCUT2D eigenvalue weighted by atomic mass is 9.90. The quantitative estimate of drug-likeness (QED) is 0.560. The lowest BCUT2D eigenvalue weighted by Gasteiger charge is -2.18. The number of ether oxygens (including phenoxy) is 1. The standard InChI is InChI=1S/C21H25NO3/c1-25-19(23)15-9-4-10-16-22-21(24)20(17-11-5-2-6-12-17)18-13-7-3-8-14-18/h2-3,5-8,11-14,20H,4,9-10,15-16H2,1H3,(H,22,24). The first-order valence-electron chi connectivity index (χ1n) is 8.67. The van der Waals surface area contributed by atoms with Crippen molar-refractivity contribution in [2.24, 2.45) is 0 Å². The Bertz CT molecular complexity index is 616. The molecule has 0 saturated carbocycles. The van der Waals surface area contributed by atoms with Crippen molar-refractivity contribution in [3.05, 3.63) is 71.8 Å². The molecule has 2 aromatic rings. The van der Waals surface area contributed by atoms with E-state index in [1.54, 1.807) is 0 Å². The zero-order chi connectivity index (χ0) is 17.9. The summed E-state index contributed by atoms with van der Waals surface area (Å²) in [6.07, 6.45) is 2.94. The van der Waals surface area contributed by atoms with E-state index in [0.717, 1.165) is 30.4 Å². The van der Waals surface area contributed by atoms with E-state index in [1.807, 2.05) is 60.7 Å². The predicted octanol–water partition coefficient (Wildman–Crippen LogP) is 3.67. The zero-order valence-corrected chi connectivity index (χ0v) is 14.6. The normalized spacial score (nSPS) is 10.5. The number of benzene rings is 2. The van der Waals surface area contributed by atoms with E-state index in [-0.39, 0.29) is 17.8 Å². The van der Waals surface area contributed by atoms with E-state index >= 15 is 0 Å². The number of nitrogens with one attached hydrogen (secondary N) is 1. The summed E-state index contributed by atoms with van der Waals surface area (Å²) in [5, 5.41) is 3.03. The van der Waals surface area contributed by atoms with E-state index in [4.69, 9.17) is 0 Å². The van der Waals surface area contributed by atoms with Crippen molar-refractivity contribution < 1.29 is 14.3 Å². The molecule has 4 nitrogen and oxygen atoms in total. The van der Waals surface area contributed by atoms with Crippen LogP contribution in [0.5, 0.6) is 0 Å². The average molecular weight is 339 g/mol. The molecule has 1 N–H and O–H groups in total. The van der Waals surface area contributed by atoms with Gasteiger partial charge in [-0.05, 0) is 24.0 Å². The molecule has 25 heavy (non-hydrogen) atoms. The summed E-state index contributed by atoms with van der Waals surface area (Å²) >= 11 is 0. The van der Waals surface area contributed by atoms with Crippen LogP contribution in [0, 0.1) is 0 Å². The third-order valence-corrected chi connectivity index (χ3v) is 4.11. The largest absolute Gasteiger partial charge is 0.469 e. The SMILES string of the molecule is COC(=O)CCCCCNC(=O)C(c1ccccc1)c1ccccc1. The molecule has 0 aliphatic carbocycles. The van der Waals surface area contributed by atoms with E-state index in [0.29, 0.717) is 13.0 Å². The van der Waals surface area contributed by atoms with Gasteiger partial charge in [0.1, 0.15) is 0 Å². The van der Waals surface area contributed by atoms with Crippen LogP contribution in [-0.2, 0) is 14.3 Å². The number of rotatable bonds is 9. The van der Waals surface area contributed by atoms with Crippen molar-refractivity contribution in [1.29, 1.82) is 0 Å². The van der Waals surface area contributed by atoms with Crippen LogP contribution in [-0.4, -0.2) is 25.5 Å². The smallest absolute Gasteiger partial charge is 0.305 e. The maximum Gasteiger partial charge on any atom is 0.305 e. The van der Waals surface area contributed by atoms with Gasteiger partial charge in [0.25, 0.3) is 0 Å². The van der Waals surface area contributed by atoms with Crippen molar-refractivity contribution in [2.45, 2.75) is 31.6 Å². The molecular weight excluding hydrogens is 314 g/mol. The summed E-state index contributed by atoms with van der Waals surface area (Å²) in [6, 6.07) is 19.6. The monoisotopic (exact) mass is 339 g/mol. The molecule has 0 fully saturated rings. The minimum absolute atomic E-state index is 0.00497. The number of carbonyl (C=O) groups excluding carboxylic acids is 2. The van der Waals surface area contributed by atoms with Gasteiger partial charge < -0.3 is 10.1 Å². The number of carbonyl (C=O) groups is 2. The van der Waals surface area contributed by atoms with Crippen LogP contribution in [0.25, 0.3) is 0 Å². The molecule has 0 atom stereocenters. The Morgan fingerprint density at radius 3 is 1.96 bits per heavy atom. The number of unbranched alkanes of at least 4 members (excludes halogenated alkanes) is 2. The summed E-state index contributed by atoms with van der Waals surface area (Å²) in [5.41, 5.74) is 1.97. The van der Waals surface area contributed by atoms with Crippen molar-refractivity contribution in [1.82, 2.24) is 5.32 Å². The molecule has 0 aliphatic rings. The topological polar surface area (TPSA) is 55.4 Å². The third kappa shape index (κ3) is 6.07. The van der Waals surface area contributed by atoms with Crippen LogP contribution in [0.3, 0.4) is 0 Å². The highest BCUT2D eigenvalue weighted by atomic mass is 16.5. The summed E-state index contributed by atoms with van der Waals surface area (Å²) in [5.74, 6) is -0.486. The molecule has 2 aromatic carbocycles. The minimum atomic E-state index is -0.308. The van der Waals surface area contributed by atoms with Crippen molar-refractivity contribution in [2.75, 3.05) is 13.7 Å². The number of hydrogen-bond acceptors (Lipinski definition) is 3. The van der Waals surface area contributed by atoms with Crippen molar-refractivity contribution >= 4 is 11.9 Å². The predicted molar refractivity (Wildman–Crippen MR) is 98.2 cm³/mol. The highest BCUT2D eigenvalue weighted by Crippen LogP contribution is 2.24. The van der Waals surface area contributed by atoms with E-state index in [1.165, 1.54) is 7.11 Å². The molecule has 0 bridgehead atoms. The maximum absolute atomic E-state index is 12.7. The van der Waals surface area contributed by atoms with E-state index < -0.39 is 0 Å². The second-order valence-electron chi connectivity index (χ2n) is 5.93. The van der Waals surface area contributed by atoms with E-state index in [2.05, 4.69) is 10.1 Å². The molecule has 1 amide bonds. The number of amides is 1. The molecule has 0 saturated heterocycles. The summed E-state index contributed by atoms with van der Waals surface area (Å²) < 4.78 is 4.62. The molecule has 132 valence electrons. The first-order valence-corrected chi connectivity index (χ1v) is 8.67. The Kier molecular flexibility index (Phi) is 7.70. The molecule has 0 aliphatic heterocycles. The molecule has 0 spiro atoms. The Morgan fingerprint density at radius 1 is 0.880 bits per heavy atom. The van der Waals surface area contributed by atoms with Gasteiger partial charge >= 0.3 is 5.97 Å². The molecule has 2 rings (SSSR count). The van der Waals surface area contributed by atoms with Gasteiger partial charge in [-0.3, -0.25) is 9.59 Å². The molecule has 4 heteroatoms. The van der Waals surface area contributed by atoms with Gasteiger partial charge in [-0.25, -0.2) is 0 Å². The maximum atomic E-state index is 12.7. The van der Waals surface area contributed by atoms with E-state index in [9.17, 15) is 9.59 Å². The minimum Gasteiger partial charge on any atom is -0.469 e. The van der Waals surface area contributed by atoms with Crippen LogP contribution in [0.15, 0.2) is 60.7 Å². The summed E-state index contributed by atoms with van der Waals surface area (Å²) in [6.45, 7) is 0.607. The first kappa shape index (κ1) is 18.7. The first-order chi connectivity index (χ1) is 12.2. The molecular formula is C21H25NO3. The van der Waals surface area contributed by atoms with Crippen LogP contribution in [0.4, 0.5) is 0 Å². The van der Waals surface area contributed by atoms with Gasteiger partial charge in [-0.2, -0.15) is 0 Å². The van der Waals surface area contributed by atoms with Crippen LogP contribution in [0.1, 0.15) is 42.7 Å². The lowest BCUT2D eigenvalue weighted by molar-refractivity contribution is -0.140. The molecule has 0 aromatic heterocycles. The zero-order valence-electron chi connectivity index (χ0n) is 14.6. The van der Waals surface area contributed by atoms with Gasteiger partial charge in [-0.1, -0.05) is 67.1 Å². The lowest BCUT2D eigenvalue weighted by Crippen LogP contribution is -2.30. The summed E-state index contributed by atoms with van der Waals surface area (Å²) in [7, 11) is 1.40. The molecule has 0 heterocycles. The van der Waals surface area contributed by atoms with Crippen LogP contribution < -0.4 is 5.32 Å². The number of esters is 1. The average Bonchev–Trinajstić information content (AvgIpc) is 2.66. The Labute approximate surface area is 149 Å². The van der Waals surface area contributed by atoms with Crippen molar-refractivity contribution in [3.8, 4) is 0 Å². The fourth-order valence-corrected chi connectivity index (χ4v) is 2.77. The Balaban J connectivity index is 1.90. The highest BCUT2D eigenvalue weighted by Gasteiger charge is 2.21. The summed E-state index contributed by atoms with van der Waals surface area (Å²) in [4.78, 5) is 23.8. The van der Waals surface area contributed by atoms with Gasteiger partial charge in [-0.15, -0.1) is 0 Å². The van der Waals surface area contributed by atoms with Crippen LogP contribution in [0.2, 0.25) is 0 Å². The van der Waals surface area contributed by atoms with Gasteiger partial charge in [0, 0.05) is 13.0 Å². The van der Waals surface area contributed by atoms with Gasteiger partial charge in [0.15, 0.2) is 0 Å². The molecule has 0 radical (unpaired) electrons.